The molecule has 0 fully saturated rings. The minimum atomic E-state index is -1.68. The quantitative estimate of drug-likeness (QED) is 0.792. The number of nitrogens with one attached hydrogen (secondary N) is 1. The second kappa shape index (κ2) is 7.79. The van der Waals surface area contributed by atoms with Crippen LogP contribution in [-0.4, -0.2) is 44.5 Å². The molecule has 0 saturated heterocycles. The Hall–Kier alpha value is -2.19. The number of amides is 1. The molecule has 25 heavy (non-hydrogen) atoms. The Morgan fingerprint density at radius 3 is 2.40 bits per heavy atom. The predicted octanol–water partition coefficient (Wildman–Crippen LogP) is 2.85. The maximum Gasteiger partial charge on any atom is 0.328 e. The van der Waals surface area contributed by atoms with E-state index in [9.17, 15) is 14.0 Å². The van der Waals surface area contributed by atoms with Crippen molar-refractivity contribution in [3.63, 3.8) is 0 Å². The molecule has 7 nitrogen and oxygen atoms in total. The number of hydrogen-bond donors (Lipinski definition) is 2. The third-order valence-electron chi connectivity index (χ3n) is 3.26. The Balaban J connectivity index is 2.47. The third kappa shape index (κ3) is 4.08. The van der Waals surface area contributed by atoms with Gasteiger partial charge < -0.3 is 10.4 Å². The van der Waals surface area contributed by atoms with Crippen molar-refractivity contribution in [2.45, 2.75) is 25.8 Å². The number of carbonyl (C=O) groups is 2. The summed E-state index contributed by atoms with van der Waals surface area (Å²) in [5.41, 5.74) is 0.348. The predicted molar refractivity (Wildman–Crippen MR) is 90.3 cm³/mol. The number of nitrogens with zero attached hydrogens (tertiary/aromatic N) is 3. The highest BCUT2D eigenvalue weighted by Crippen LogP contribution is 2.30. The molecule has 2 N–H and O–H groups in total. The fourth-order valence-corrected chi connectivity index (χ4v) is 2.60. The summed E-state index contributed by atoms with van der Waals surface area (Å²) in [4.78, 5) is 27.1. The van der Waals surface area contributed by atoms with Crippen LogP contribution in [0.3, 0.4) is 0 Å². The van der Waals surface area contributed by atoms with Crippen molar-refractivity contribution in [3.05, 3.63) is 39.9 Å². The molecule has 1 heterocycles. The highest BCUT2D eigenvalue weighted by Gasteiger charge is 2.26. The molecule has 10 heteroatoms. The molecule has 1 unspecified atom stereocenters. The van der Waals surface area contributed by atoms with Gasteiger partial charge in [-0.3, -0.25) is 4.79 Å². The molecule has 134 valence electrons. The summed E-state index contributed by atoms with van der Waals surface area (Å²) in [6.07, 6.45) is 0. The van der Waals surface area contributed by atoms with Crippen LogP contribution in [0, 0.1) is 0 Å². The zero-order valence-electron chi connectivity index (χ0n) is 13.3. The number of hydrogen-bond acceptors (Lipinski definition) is 4. The summed E-state index contributed by atoms with van der Waals surface area (Å²) in [7, 11) is 0. The van der Waals surface area contributed by atoms with Gasteiger partial charge in [0.2, 0.25) is 5.82 Å². The van der Waals surface area contributed by atoms with E-state index in [1.165, 1.54) is 4.68 Å². The van der Waals surface area contributed by atoms with Gasteiger partial charge >= 0.3 is 5.97 Å². The van der Waals surface area contributed by atoms with Crippen molar-refractivity contribution in [2.75, 3.05) is 6.67 Å². The summed E-state index contributed by atoms with van der Waals surface area (Å²) >= 11 is 12.4. The Morgan fingerprint density at radius 1 is 1.32 bits per heavy atom. The number of rotatable bonds is 6. The van der Waals surface area contributed by atoms with Crippen molar-refractivity contribution in [1.82, 2.24) is 20.1 Å². The molecule has 0 spiro atoms. The smallest absolute Gasteiger partial charge is 0.328 e. The lowest BCUT2D eigenvalue weighted by atomic mass is 10.2. The van der Waals surface area contributed by atoms with Gasteiger partial charge in [0.05, 0.1) is 10.0 Å². The average Bonchev–Trinajstić information content (AvgIpc) is 2.97. The molecule has 0 radical (unpaired) electrons. The second-order valence-corrected chi connectivity index (χ2v) is 6.26. The molecule has 0 saturated carbocycles. The van der Waals surface area contributed by atoms with Crippen LogP contribution in [-0.2, 0) is 4.79 Å². The van der Waals surface area contributed by atoms with Crippen molar-refractivity contribution >= 4 is 35.1 Å². The number of benzene rings is 1. The van der Waals surface area contributed by atoms with Gasteiger partial charge in [-0.25, -0.2) is 18.9 Å². The van der Waals surface area contributed by atoms with E-state index < -0.39 is 24.6 Å². The summed E-state index contributed by atoms with van der Waals surface area (Å²) in [5, 5.41) is 15.5. The number of para-hydroxylation sites is 1. The molecule has 2 rings (SSSR count). The minimum absolute atomic E-state index is 0.141. The zero-order valence-corrected chi connectivity index (χ0v) is 14.8. The lowest BCUT2D eigenvalue weighted by molar-refractivity contribution is -0.139. The van der Waals surface area contributed by atoms with Crippen LogP contribution in [0.5, 0.6) is 0 Å². The fourth-order valence-electron chi connectivity index (χ4n) is 2.04. The summed E-state index contributed by atoms with van der Waals surface area (Å²) < 4.78 is 14.0. The van der Waals surface area contributed by atoms with E-state index in [1.807, 2.05) is 19.2 Å². The molecule has 2 aromatic rings. The van der Waals surface area contributed by atoms with Crippen LogP contribution < -0.4 is 5.32 Å². The van der Waals surface area contributed by atoms with Crippen LogP contribution >= 0.6 is 23.2 Å². The lowest BCUT2D eigenvalue weighted by Crippen LogP contribution is -2.42. The van der Waals surface area contributed by atoms with Crippen molar-refractivity contribution in [3.8, 4) is 5.69 Å². The first-order valence-electron chi connectivity index (χ1n) is 7.27. The SMILES string of the molecule is CC(C)c1nc(C(=O)NC(CF)C(=O)O)nn1-c1c(Cl)cccc1Cl. The van der Waals surface area contributed by atoms with Gasteiger partial charge in [-0.2, -0.15) is 0 Å². The monoisotopic (exact) mass is 388 g/mol. The highest BCUT2D eigenvalue weighted by molar-refractivity contribution is 6.37. The number of halogens is 3. The molecule has 1 amide bonds. The van der Waals surface area contributed by atoms with Gasteiger partial charge in [0, 0.05) is 5.92 Å². The van der Waals surface area contributed by atoms with Gasteiger partial charge in [0.1, 0.15) is 18.2 Å². The van der Waals surface area contributed by atoms with Crippen molar-refractivity contribution in [1.29, 1.82) is 0 Å². The van der Waals surface area contributed by atoms with Crippen LogP contribution in [0.4, 0.5) is 4.39 Å². The molecule has 1 aromatic heterocycles. The van der Waals surface area contributed by atoms with Gasteiger partial charge in [0.25, 0.3) is 5.91 Å². The summed E-state index contributed by atoms with van der Waals surface area (Å²) in [6.45, 7) is 2.40. The molecule has 0 bridgehead atoms. The number of carboxylic acids is 1. The molecule has 0 aliphatic rings. The van der Waals surface area contributed by atoms with E-state index >= 15 is 0 Å². The van der Waals surface area contributed by atoms with E-state index in [2.05, 4.69) is 10.1 Å². The first-order chi connectivity index (χ1) is 11.8. The summed E-state index contributed by atoms with van der Waals surface area (Å²) in [6, 6.07) is 3.20. The van der Waals surface area contributed by atoms with Gasteiger partial charge in [0.15, 0.2) is 6.04 Å². The maximum atomic E-state index is 12.7. The lowest BCUT2D eigenvalue weighted by Gasteiger charge is -2.11. The van der Waals surface area contributed by atoms with Crippen molar-refractivity contribution < 1.29 is 19.1 Å². The van der Waals surface area contributed by atoms with Crippen LogP contribution in [0.25, 0.3) is 5.69 Å². The Morgan fingerprint density at radius 2 is 1.92 bits per heavy atom. The first-order valence-corrected chi connectivity index (χ1v) is 8.02. The number of aromatic nitrogens is 3. The first kappa shape index (κ1) is 19.1. The van der Waals surface area contributed by atoms with E-state index in [0.29, 0.717) is 21.6 Å². The normalized spacial score (nSPS) is 12.2. The van der Waals surface area contributed by atoms with Gasteiger partial charge in [-0.05, 0) is 12.1 Å². The van der Waals surface area contributed by atoms with Crippen LogP contribution in [0.15, 0.2) is 18.2 Å². The maximum absolute atomic E-state index is 12.7. The Labute approximate surface area is 152 Å². The molecule has 0 aliphatic carbocycles. The average molecular weight is 389 g/mol. The van der Waals surface area contributed by atoms with Gasteiger partial charge in [-0.1, -0.05) is 43.1 Å². The number of carbonyl (C=O) groups excluding carboxylic acids is 1. The minimum Gasteiger partial charge on any atom is -0.480 e. The van der Waals surface area contributed by atoms with E-state index in [0.717, 1.165) is 0 Å². The van der Waals surface area contributed by atoms with Crippen LogP contribution in [0.1, 0.15) is 36.2 Å². The number of aliphatic carboxylic acids is 1. The Bertz CT molecular complexity index is 790. The van der Waals surface area contributed by atoms with Gasteiger partial charge in [-0.15, -0.1) is 5.10 Å². The highest BCUT2D eigenvalue weighted by atomic mass is 35.5. The summed E-state index contributed by atoms with van der Waals surface area (Å²) in [5.74, 6) is -2.45. The van der Waals surface area contributed by atoms with Crippen LogP contribution in [0.2, 0.25) is 10.0 Å². The molecule has 1 atom stereocenters. The Kier molecular flexibility index (Phi) is 5.97. The molecule has 0 aliphatic heterocycles. The van der Waals surface area contributed by atoms with E-state index in [1.54, 1.807) is 18.2 Å². The topological polar surface area (TPSA) is 97.1 Å². The van der Waals surface area contributed by atoms with E-state index in [4.69, 9.17) is 28.3 Å². The largest absolute Gasteiger partial charge is 0.480 e. The molecule has 1 aromatic carbocycles. The fraction of sp³-hybridized carbons (Fsp3) is 0.333. The standard InChI is InChI=1S/C15H15Cl2FN4O3/c1-7(2)13-20-12(14(23)19-10(6-18)15(24)25)21-22(13)11-8(16)4-3-5-9(11)17/h3-5,7,10H,6H2,1-2H3,(H,19,23)(H,24,25). The number of carboxylic acid groups (broad SMARTS) is 1. The molecular formula is C15H15Cl2FN4O3. The van der Waals surface area contributed by atoms with Crippen molar-refractivity contribution in [2.24, 2.45) is 0 Å². The van der Waals surface area contributed by atoms with E-state index in [-0.39, 0.29) is 11.7 Å². The molecular weight excluding hydrogens is 374 g/mol. The zero-order chi connectivity index (χ0) is 18.7. The third-order valence-corrected chi connectivity index (χ3v) is 3.87. The number of alkyl halides is 1. The second-order valence-electron chi connectivity index (χ2n) is 5.45.